The van der Waals surface area contributed by atoms with Crippen molar-refractivity contribution in [3.05, 3.63) is 0 Å². The molecule has 2 aliphatic rings. The molecule has 0 aromatic carbocycles. The fourth-order valence-electron chi connectivity index (χ4n) is 2.67. The summed E-state index contributed by atoms with van der Waals surface area (Å²) in [4.78, 5) is 14.5. The quantitative estimate of drug-likeness (QED) is 0.775. The molecule has 0 bridgehead atoms. The summed E-state index contributed by atoms with van der Waals surface area (Å²) in [6, 6.07) is 0.353. The molecule has 2 aliphatic heterocycles. The molecule has 2 heterocycles. The Morgan fingerprint density at radius 3 is 2.82 bits per heavy atom. The predicted octanol–water partition coefficient (Wildman–Crippen LogP) is 1.73. The smallest absolute Gasteiger partial charge is 0.227 e. The zero-order valence-corrected chi connectivity index (χ0v) is 12.0. The summed E-state index contributed by atoms with van der Waals surface area (Å²) >= 11 is 2.00. The van der Waals surface area contributed by atoms with Crippen LogP contribution in [0.3, 0.4) is 0 Å². The topological polar surface area (TPSA) is 32.3 Å². The lowest BCUT2D eigenvalue weighted by atomic mass is 10.00. The summed E-state index contributed by atoms with van der Waals surface area (Å²) in [6.07, 6.45) is 2.12. The van der Waals surface area contributed by atoms with Crippen LogP contribution in [-0.4, -0.2) is 47.0 Å². The molecule has 3 nitrogen and oxygen atoms in total. The Morgan fingerprint density at radius 1 is 1.41 bits per heavy atom. The Morgan fingerprint density at radius 2 is 2.18 bits per heavy atom. The second-order valence-corrected chi connectivity index (χ2v) is 7.62. The van der Waals surface area contributed by atoms with E-state index in [9.17, 15) is 4.79 Å². The molecule has 2 saturated heterocycles. The fraction of sp³-hybridized carbons (Fsp3) is 0.923. The van der Waals surface area contributed by atoms with Crippen LogP contribution in [0.25, 0.3) is 0 Å². The van der Waals surface area contributed by atoms with Crippen LogP contribution in [-0.2, 0) is 4.79 Å². The number of hydrogen-bond acceptors (Lipinski definition) is 3. The van der Waals surface area contributed by atoms with Gasteiger partial charge in [0.05, 0.1) is 5.92 Å². The minimum atomic E-state index is 0.209. The van der Waals surface area contributed by atoms with Crippen molar-refractivity contribution in [1.82, 2.24) is 10.2 Å². The van der Waals surface area contributed by atoms with E-state index in [1.807, 2.05) is 11.8 Å². The van der Waals surface area contributed by atoms with Gasteiger partial charge >= 0.3 is 0 Å². The van der Waals surface area contributed by atoms with E-state index in [2.05, 4.69) is 31.0 Å². The highest BCUT2D eigenvalue weighted by Gasteiger charge is 2.34. The van der Waals surface area contributed by atoms with Crippen LogP contribution in [0.2, 0.25) is 0 Å². The molecule has 0 aliphatic carbocycles. The average molecular weight is 256 g/mol. The van der Waals surface area contributed by atoms with Gasteiger partial charge in [-0.1, -0.05) is 13.8 Å². The molecule has 0 spiro atoms. The van der Waals surface area contributed by atoms with Crippen molar-refractivity contribution < 1.29 is 4.79 Å². The van der Waals surface area contributed by atoms with Gasteiger partial charge in [0.2, 0.25) is 5.91 Å². The van der Waals surface area contributed by atoms with Gasteiger partial charge in [0.25, 0.3) is 0 Å². The van der Waals surface area contributed by atoms with Crippen LogP contribution >= 0.6 is 11.8 Å². The Kier molecular flexibility index (Phi) is 4.03. The van der Waals surface area contributed by atoms with Crippen LogP contribution in [0.4, 0.5) is 0 Å². The van der Waals surface area contributed by atoms with Crippen molar-refractivity contribution in [3.8, 4) is 0 Å². The van der Waals surface area contributed by atoms with Crippen molar-refractivity contribution in [2.75, 3.05) is 25.4 Å². The van der Waals surface area contributed by atoms with E-state index in [-0.39, 0.29) is 5.92 Å². The third kappa shape index (κ3) is 3.16. The summed E-state index contributed by atoms with van der Waals surface area (Å²) in [6.45, 7) is 9.55. The van der Waals surface area contributed by atoms with Crippen molar-refractivity contribution in [1.29, 1.82) is 0 Å². The van der Waals surface area contributed by atoms with E-state index in [0.717, 1.165) is 38.2 Å². The van der Waals surface area contributed by atoms with E-state index in [1.54, 1.807) is 0 Å². The van der Waals surface area contributed by atoms with E-state index in [4.69, 9.17) is 0 Å². The second-order valence-electron chi connectivity index (χ2n) is 5.82. The van der Waals surface area contributed by atoms with Gasteiger partial charge in [-0.3, -0.25) is 4.79 Å². The summed E-state index contributed by atoms with van der Waals surface area (Å²) in [7, 11) is 0. The molecule has 0 radical (unpaired) electrons. The summed E-state index contributed by atoms with van der Waals surface area (Å²) in [5.74, 6) is 1.66. The molecular weight excluding hydrogens is 232 g/mol. The fourth-order valence-corrected chi connectivity index (χ4v) is 3.77. The summed E-state index contributed by atoms with van der Waals surface area (Å²) in [5.41, 5.74) is 0. The van der Waals surface area contributed by atoms with Crippen LogP contribution in [0, 0.1) is 5.92 Å². The highest BCUT2D eigenvalue weighted by Crippen LogP contribution is 2.31. The molecule has 98 valence electrons. The standard InChI is InChI=1S/C13H24N2OS/c1-10-11(4-6-14-10)12(16)15-7-5-13(2,3)17-9-8-15/h10-11,14H,4-9H2,1-3H3. The first-order chi connectivity index (χ1) is 7.99. The number of nitrogens with one attached hydrogen (secondary N) is 1. The molecule has 2 fully saturated rings. The lowest BCUT2D eigenvalue weighted by Crippen LogP contribution is -2.41. The third-order valence-corrected chi connectivity index (χ3v) is 5.36. The van der Waals surface area contributed by atoms with Crippen molar-refractivity contribution in [2.45, 2.75) is 44.4 Å². The van der Waals surface area contributed by atoms with Gasteiger partial charge in [0.1, 0.15) is 0 Å². The van der Waals surface area contributed by atoms with Gasteiger partial charge < -0.3 is 10.2 Å². The zero-order chi connectivity index (χ0) is 12.5. The normalized spacial score (nSPS) is 33.5. The first-order valence-corrected chi connectivity index (χ1v) is 7.64. The maximum absolute atomic E-state index is 12.5. The monoisotopic (exact) mass is 256 g/mol. The van der Waals surface area contributed by atoms with E-state index >= 15 is 0 Å². The van der Waals surface area contributed by atoms with Gasteiger partial charge in [0, 0.05) is 29.6 Å². The average Bonchev–Trinajstić information content (AvgIpc) is 2.59. The Balaban J connectivity index is 1.95. The van der Waals surface area contributed by atoms with Gasteiger partial charge in [0.15, 0.2) is 0 Å². The van der Waals surface area contributed by atoms with E-state index < -0.39 is 0 Å². The van der Waals surface area contributed by atoms with Gasteiger partial charge in [-0.2, -0.15) is 11.8 Å². The third-order valence-electron chi connectivity index (χ3n) is 3.99. The number of carbonyl (C=O) groups is 1. The Bertz CT molecular complexity index is 293. The largest absolute Gasteiger partial charge is 0.342 e. The van der Waals surface area contributed by atoms with E-state index in [0.29, 0.717) is 16.7 Å². The first kappa shape index (κ1) is 13.2. The molecule has 1 N–H and O–H groups in total. The number of hydrogen-bond donors (Lipinski definition) is 1. The maximum Gasteiger partial charge on any atom is 0.227 e. The SMILES string of the molecule is CC1NCCC1C(=O)N1CCSC(C)(C)CC1. The molecule has 0 saturated carbocycles. The summed E-state index contributed by atoms with van der Waals surface area (Å²) in [5, 5.41) is 3.37. The molecule has 0 aromatic rings. The second kappa shape index (κ2) is 5.19. The molecule has 0 aromatic heterocycles. The number of carbonyl (C=O) groups excluding carboxylic acids is 1. The Labute approximate surface area is 109 Å². The molecule has 1 amide bonds. The van der Waals surface area contributed by atoms with E-state index in [1.165, 1.54) is 0 Å². The summed E-state index contributed by atoms with van der Waals surface area (Å²) < 4.78 is 0.328. The zero-order valence-electron chi connectivity index (χ0n) is 11.2. The highest BCUT2D eigenvalue weighted by molar-refractivity contribution is 8.00. The van der Waals surface area contributed by atoms with Gasteiger partial charge in [-0.05, 0) is 26.3 Å². The molecular formula is C13H24N2OS. The maximum atomic E-state index is 12.5. The first-order valence-electron chi connectivity index (χ1n) is 6.66. The van der Waals surface area contributed by atoms with Crippen LogP contribution in [0.5, 0.6) is 0 Å². The molecule has 2 rings (SSSR count). The number of thioether (sulfide) groups is 1. The molecule has 17 heavy (non-hydrogen) atoms. The van der Waals surface area contributed by atoms with Crippen LogP contribution in [0.15, 0.2) is 0 Å². The van der Waals surface area contributed by atoms with Crippen molar-refractivity contribution >= 4 is 17.7 Å². The lowest BCUT2D eigenvalue weighted by molar-refractivity contribution is -0.135. The van der Waals surface area contributed by atoms with Gasteiger partial charge in [-0.25, -0.2) is 0 Å². The minimum absolute atomic E-state index is 0.209. The lowest BCUT2D eigenvalue weighted by Gasteiger charge is -2.26. The van der Waals surface area contributed by atoms with Crippen LogP contribution < -0.4 is 5.32 Å². The van der Waals surface area contributed by atoms with Crippen molar-refractivity contribution in [3.63, 3.8) is 0 Å². The van der Waals surface area contributed by atoms with Crippen molar-refractivity contribution in [2.24, 2.45) is 5.92 Å². The number of amides is 1. The Hall–Kier alpha value is -0.220. The number of rotatable bonds is 1. The van der Waals surface area contributed by atoms with Crippen LogP contribution in [0.1, 0.15) is 33.6 Å². The highest BCUT2D eigenvalue weighted by atomic mass is 32.2. The molecule has 2 unspecified atom stereocenters. The predicted molar refractivity (Wildman–Crippen MR) is 73.3 cm³/mol. The van der Waals surface area contributed by atoms with Gasteiger partial charge in [-0.15, -0.1) is 0 Å². The minimum Gasteiger partial charge on any atom is -0.342 e. The molecule has 4 heteroatoms. The number of nitrogens with zero attached hydrogens (tertiary/aromatic N) is 1. The molecule has 2 atom stereocenters.